The maximum atomic E-state index is 12.5. The summed E-state index contributed by atoms with van der Waals surface area (Å²) in [7, 11) is -1.99. The normalized spacial score (nSPS) is 13.0. The summed E-state index contributed by atoms with van der Waals surface area (Å²) < 4.78 is 26.2. The van der Waals surface area contributed by atoms with Gasteiger partial charge in [-0.25, -0.2) is 8.42 Å². The quantitative estimate of drug-likeness (QED) is 0.683. The van der Waals surface area contributed by atoms with Gasteiger partial charge in [-0.15, -0.1) is 0 Å². The minimum Gasteiger partial charge on any atom is -0.333 e. The molecule has 0 unspecified atom stereocenters. The summed E-state index contributed by atoms with van der Waals surface area (Å²) in [4.78, 5) is 12.4. The molecule has 152 valence electrons. The summed E-state index contributed by atoms with van der Waals surface area (Å²) in [6.45, 7) is 5.87. The van der Waals surface area contributed by atoms with Gasteiger partial charge in [-0.1, -0.05) is 23.7 Å². The molecule has 1 amide bonds. The number of nitrogens with two attached hydrogens (primary N) is 1. The van der Waals surface area contributed by atoms with Gasteiger partial charge in [0.1, 0.15) is 6.04 Å². The van der Waals surface area contributed by atoms with Crippen LogP contribution in [0.15, 0.2) is 53.4 Å². The van der Waals surface area contributed by atoms with Crippen LogP contribution in [0.1, 0.15) is 32.4 Å². The summed E-state index contributed by atoms with van der Waals surface area (Å²) in [6, 6.07) is 13.7. The third-order valence-electron chi connectivity index (χ3n) is 4.57. The Bertz CT molecular complexity index is 915. The number of amides is 1. The lowest BCUT2D eigenvalue weighted by Gasteiger charge is -2.21. The van der Waals surface area contributed by atoms with Crippen LogP contribution in [0, 0.1) is 0 Å². The highest BCUT2D eigenvalue weighted by atomic mass is 35.5. The number of halogens is 1. The number of carbonyl (C=O) groups is 1. The summed E-state index contributed by atoms with van der Waals surface area (Å²) in [5.74, 6) is -0.163. The van der Waals surface area contributed by atoms with Crippen LogP contribution in [-0.2, 0) is 14.8 Å². The highest BCUT2D eigenvalue weighted by molar-refractivity contribution is 7.89. The van der Waals surface area contributed by atoms with Crippen LogP contribution in [0.25, 0.3) is 0 Å². The zero-order valence-corrected chi connectivity index (χ0v) is 18.1. The molecule has 0 fully saturated rings. The maximum absolute atomic E-state index is 12.5. The summed E-state index contributed by atoms with van der Waals surface area (Å²) in [6.07, 6.45) is 0. The van der Waals surface area contributed by atoms with Crippen molar-refractivity contribution in [2.45, 2.75) is 37.8 Å². The van der Waals surface area contributed by atoms with Gasteiger partial charge in [0.05, 0.1) is 4.90 Å². The molecular formula is C20H27ClN3O3S+. The molecule has 2 aromatic carbocycles. The summed E-state index contributed by atoms with van der Waals surface area (Å²) >= 11 is 6.00. The lowest BCUT2D eigenvalue weighted by molar-refractivity contribution is -0.682. The van der Waals surface area contributed by atoms with Crippen molar-refractivity contribution in [3.8, 4) is 0 Å². The Kier molecular flexibility index (Phi) is 7.60. The number of carbonyl (C=O) groups excluding carboxylic acids is 1. The summed E-state index contributed by atoms with van der Waals surface area (Å²) in [5, 5.41) is 5.37. The molecule has 0 radical (unpaired) electrons. The molecule has 0 aromatic heterocycles. The number of quaternary nitrogens is 1. The van der Waals surface area contributed by atoms with Gasteiger partial charge < -0.3 is 10.6 Å². The minimum atomic E-state index is -3.54. The predicted octanol–water partition coefficient (Wildman–Crippen LogP) is 2.63. The van der Waals surface area contributed by atoms with E-state index in [2.05, 4.69) is 5.32 Å². The van der Waals surface area contributed by atoms with Crippen LogP contribution < -0.4 is 10.6 Å². The van der Waals surface area contributed by atoms with Crippen LogP contribution in [0.4, 0.5) is 5.69 Å². The third kappa shape index (κ3) is 5.78. The molecule has 0 aliphatic rings. The molecule has 2 aromatic rings. The van der Waals surface area contributed by atoms with E-state index in [0.29, 0.717) is 10.7 Å². The standard InChI is InChI=1S/C20H26ClN3O3S/c1-14(2)24(4)28(26,27)19-10-8-18(9-11-19)23-20(25)13-22-15(3)16-6-5-7-17(21)12-16/h5-12,14-15,22H,13H2,1-4H3,(H,23,25)/p+1/t15-/m0/s1. The fraction of sp³-hybridized carbons (Fsp3) is 0.350. The van der Waals surface area contributed by atoms with Crippen LogP contribution in [-0.4, -0.2) is 38.3 Å². The largest absolute Gasteiger partial charge is 0.333 e. The van der Waals surface area contributed by atoms with E-state index in [-0.39, 0.29) is 29.4 Å². The first-order valence-corrected chi connectivity index (χ1v) is 10.9. The van der Waals surface area contributed by atoms with Crippen molar-refractivity contribution in [2.24, 2.45) is 0 Å². The van der Waals surface area contributed by atoms with Crippen LogP contribution in [0.3, 0.4) is 0 Å². The summed E-state index contributed by atoms with van der Waals surface area (Å²) in [5.41, 5.74) is 1.60. The van der Waals surface area contributed by atoms with Crippen molar-refractivity contribution in [3.63, 3.8) is 0 Å². The second-order valence-electron chi connectivity index (χ2n) is 6.97. The molecule has 8 heteroatoms. The Morgan fingerprint density at radius 3 is 2.36 bits per heavy atom. The van der Waals surface area contributed by atoms with Crippen LogP contribution in [0.5, 0.6) is 0 Å². The van der Waals surface area contributed by atoms with E-state index in [0.717, 1.165) is 5.56 Å². The molecule has 0 spiro atoms. The van der Waals surface area contributed by atoms with Crippen LogP contribution in [0.2, 0.25) is 5.02 Å². The molecule has 28 heavy (non-hydrogen) atoms. The molecule has 0 aliphatic carbocycles. The highest BCUT2D eigenvalue weighted by Gasteiger charge is 2.23. The fourth-order valence-electron chi connectivity index (χ4n) is 2.58. The zero-order chi connectivity index (χ0) is 20.9. The molecule has 0 saturated carbocycles. The van der Waals surface area contributed by atoms with E-state index in [4.69, 9.17) is 11.6 Å². The molecule has 0 heterocycles. The van der Waals surface area contributed by atoms with E-state index in [1.165, 1.54) is 16.4 Å². The number of nitrogens with zero attached hydrogens (tertiary/aromatic N) is 1. The van der Waals surface area contributed by atoms with Crippen molar-refractivity contribution in [2.75, 3.05) is 18.9 Å². The Labute approximate surface area is 171 Å². The fourth-order valence-corrected chi connectivity index (χ4v) is 4.14. The number of hydrogen-bond donors (Lipinski definition) is 2. The van der Waals surface area contributed by atoms with Gasteiger partial charge in [-0.2, -0.15) is 4.31 Å². The first-order chi connectivity index (χ1) is 13.1. The van der Waals surface area contributed by atoms with Gasteiger partial charge in [0.2, 0.25) is 10.0 Å². The van der Waals surface area contributed by atoms with Gasteiger partial charge >= 0.3 is 0 Å². The first-order valence-electron chi connectivity index (χ1n) is 9.08. The molecule has 0 saturated heterocycles. The lowest BCUT2D eigenvalue weighted by Crippen LogP contribution is -2.86. The maximum Gasteiger partial charge on any atom is 0.279 e. The molecular weight excluding hydrogens is 398 g/mol. The van der Waals surface area contributed by atoms with Gasteiger partial charge in [0, 0.05) is 29.4 Å². The monoisotopic (exact) mass is 424 g/mol. The van der Waals surface area contributed by atoms with Crippen molar-refractivity contribution >= 4 is 33.2 Å². The highest BCUT2D eigenvalue weighted by Crippen LogP contribution is 2.19. The Morgan fingerprint density at radius 1 is 1.14 bits per heavy atom. The van der Waals surface area contributed by atoms with Gasteiger partial charge in [0.15, 0.2) is 6.54 Å². The SMILES string of the molecule is CC(C)N(C)S(=O)(=O)c1ccc(NC(=O)C[NH2+][C@@H](C)c2cccc(Cl)c2)cc1. The molecule has 3 N–H and O–H groups in total. The number of nitrogens with one attached hydrogen (secondary N) is 1. The van der Waals surface area contributed by atoms with Gasteiger partial charge in [0.25, 0.3) is 5.91 Å². The molecule has 6 nitrogen and oxygen atoms in total. The van der Waals surface area contributed by atoms with E-state index >= 15 is 0 Å². The number of rotatable bonds is 8. The minimum absolute atomic E-state index is 0.0866. The first kappa shape index (κ1) is 22.4. The average Bonchev–Trinajstić information content (AvgIpc) is 2.65. The third-order valence-corrected chi connectivity index (χ3v) is 6.86. The van der Waals surface area contributed by atoms with E-state index in [1.807, 2.05) is 50.4 Å². The van der Waals surface area contributed by atoms with E-state index in [1.54, 1.807) is 19.2 Å². The van der Waals surface area contributed by atoms with E-state index < -0.39 is 10.0 Å². The second kappa shape index (κ2) is 9.52. The topological polar surface area (TPSA) is 83.1 Å². The zero-order valence-electron chi connectivity index (χ0n) is 16.5. The number of hydrogen-bond acceptors (Lipinski definition) is 3. The van der Waals surface area contributed by atoms with Crippen molar-refractivity contribution in [1.29, 1.82) is 0 Å². The van der Waals surface area contributed by atoms with Crippen molar-refractivity contribution in [3.05, 3.63) is 59.1 Å². The molecule has 2 rings (SSSR count). The molecule has 1 atom stereocenters. The Hall–Kier alpha value is -1.93. The number of anilines is 1. The van der Waals surface area contributed by atoms with E-state index in [9.17, 15) is 13.2 Å². The lowest BCUT2D eigenvalue weighted by atomic mass is 10.1. The van der Waals surface area contributed by atoms with Gasteiger partial charge in [-0.05, 0) is 57.2 Å². The predicted molar refractivity (Wildman–Crippen MR) is 112 cm³/mol. The smallest absolute Gasteiger partial charge is 0.279 e. The number of sulfonamides is 1. The average molecular weight is 425 g/mol. The van der Waals surface area contributed by atoms with Gasteiger partial charge in [-0.3, -0.25) is 4.79 Å². The van der Waals surface area contributed by atoms with Crippen molar-refractivity contribution < 1.29 is 18.5 Å². The van der Waals surface area contributed by atoms with Crippen LogP contribution >= 0.6 is 11.6 Å². The number of benzene rings is 2. The second-order valence-corrected chi connectivity index (χ2v) is 9.40. The Balaban J connectivity index is 1.94. The molecule has 0 bridgehead atoms. The Morgan fingerprint density at radius 2 is 1.79 bits per heavy atom. The molecule has 0 aliphatic heterocycles. The van der Waals surface area contributed by atoms with Crippen molar-refractivity contribution in [1.82, 2.24) is 4.31 Å².